The predicted molar refractivity (Wildman–Crippen MR) is 71.0 cm³/mol. The van der Waals surface area contributed by atoms with Crippen molar-refractivity contribution in [1.29, 1.82) is 0 Å². The van der Waals surface area contributed by atoms with E-state index in [1.54, 1.807) is 0 Å². The molecule has 5 nitrogen and oxygen atoms in total. The van der Waals surface area contributed by atoms with Crippen molar-refractivity contribution >= 4 is 11.9 Å². The number of rotatable bonds is 2. The van der Waals surface area contributed by atoms with Crippen LogP contribution in [0.25, 0.3) is 0 Å². The van der Waals surface area contributed by atoms with E-state index in [0.29, 0.717) is 32.6 Å². The zero-order valence-corrected chi connectivity index (χ0v) is 11.1. The number of fused-ring (bicyclic) bond motifs is 1. The van der Waals surface area contributed by atoms with Gasteiger partial charge in [0, 0.05) is 19.6 Å². The lowest BCUT2D eigenvalue weighted by molar-refractivity contribution is -0.153. The number of amides is 1. The fourth-order valence-electron chi connectivity index (χ4n) is 2.94. The van der Waals surface area contributed by atoms with E-state index in [2.05, 4.69) is 0 Å². The zero-order valence-electron chi connectivity index (χ0n) is 11.1. The van der Waals surface area contributed by atoms with Gasteiger partial charge in [-0.05, 0) is 17.5 Å². The maximum atomic E-state index is 12.5. The van der Waals surface area contributed by atoms with Crippen LogP contribution >= 0.6 is 0 Å². The Morgan fingerprint density at radius 3 is 2.65 bits per heavy atom. The predicted octanol–water partition coefficient (Wildman–Crippen LogP) is 1.06. The number of carbonyl (C=O) groups is 2. The quantitative estimate of drug-likeness (QED) is 0.876. The van der Waals surface area contributed by atoms with E-state index in [9.17, 15) is 14.7 Å². The van der Waals surface area contributed by atoms with Crippen LogP contribution in [0.4, 0.5) is 0 Å². The molecule has 1 N–H and O–H groups in total. The normalized spacial score (nSPS) is 25.3. The molecule has 0 saturated carbocycles. The van der Waals surface area contributed by atoms with Crippen molar-refractivity contribution in [1.82, 2.24) is 4.90 Å². The van der Waals surface area contributed by atoms with Gasteiger partial charge in [-0.25, -0.2) is 4.79 Å². The Balaban J connectivity index is 1.88. The monoisotopic (exact) mass is 275 g/mol. The second kappa shape index (κ2) is 5.25. The van der Waals surface area contributed by atoms with Crippen molar-refractivity contribution in [2.45, 2.75) is 25.4 Å². The summed E-state index contributed by atoms with van der Waals surface area (Å²) in [4.78, 5) is 25.5. The average molecular weight is 275 g/mol. The maximum absolute atomic E-state index is 12.5. The van der Waals surface area contributed by atoms with E-state index in [1.807, 2.05) is 24.3 Å². The molecular formula is C15H17NO4. The van der Waals surface area contributed by atoms with E-state index in [4.69, 9.17) is 4.74 Å². The van der Waals surface area contributed by atoms with Gasteiger partial charge in [0.05, 0.1) is 12.5 Å². The number of aliphatic carboxylic acids is 1. The molecule has 20 heavy (non-hydrogen) atoms. The maximum Gasteiger partial charge on any atom is 0.326 e. The third-order valence-corrected chi connectivity index (χ3v) is 4.10. The van der Waals surface area contributed by atoms with Crippen LogP contribution in [0.1, 0.15) is 17.5 Å². The smallest absolute Gasteiger partial charge is 0.326 e. The van der Waals surface area contributed by atoms with Crippen LogP contribution in [-0.2, 0) is 27.3 Å². The van der Waals surface area contributed by atoms with Crippen molar-refractivity contribution in [3.05, 3.63) is 35.4 Å². The van der Waals surface area contributed by atoms with E-state index in [1.165, 1.54) is 4.90 Å². The first-order valence-corrected chi connectivity index (χ1v) is 6.84. The topological polar surface area (TPSA) is 66.8 Å². The van der Waals surface area contributed by atoms with Crippen molar-refractivity contribution in [2.24, 2.45) is 5.92 Å². The van der Waals surface area contributed by atoms with Gasteiger partial charge in [-0.3, -0.25) is 4.79 Å². The third kappa shape index (κ3) is 2.29. The minimum absolute atomic E-state index is 0.0931. The highest BCUT2D eigenvalue weighted by molar-refractivity contribution is 5.86. The Labute approximate surface area is 117 Å². The molecular weight excluding hydrogens is 258 g/mol. The summed E-state index contributed by atoms with van der Waals surface area (Å²) in [6.45, 7) is 1.37. The number of nitrogens with zero attached hydrogens (tertiary/aromatic N) is 1. The summed E-state index contributed by atoms with van der Waals surface area (Å²) in [5.74, 6) is -1.22. The van der Waals surface area contributed by atoms with E-state index in [-0.39, 0.29) is 11.8 Å². The van der Waals surface area contributed by atoms with E-state index in [0.717, 1.165) is 11.1 Å². The van der Waals surface area contributed by atoms with Gasteiger partial charge >= 0.3 is 5.97 Å². The van der Waals surface area contributed by atoms with E-state index >= 15 is 0 Å². The number of hydrogen-bond acceptors (Lipinski definition) is 3. The van der Waals surface area contributed by atoms with Crippen molar-refractivity contribution < 1.29 is 19.4 Å². The highest BCUT2D eigenvalue weighted by atomic mass is 16.5. The lowest BCUT2D eigenvalue weighted by Crippen LogP contribution is -2.50. The molecule has 1 aromatic carbocycles. The summed E-state index contributed by atoms with van der Waals surface area (Å²) in [5, 5.41) is 9.40. The van der Waals surface area contributed by atoms with E-state index < -0.39 is 12.0 Å². The van der Waals surface area contributed by atoms with Crippen molar-refractivity contribution in [2.75, 3.05) is 13.2 Å². The Hall–Kier alpha value is -1.88. The van der Waals surface area contributed by atoms with Crippen LogP contribution in [0.3, 0.4) is 0 Å². The summed E-state index contributed by atoms with van der Waals surface area (Å²) < 4.78 is 5.24. The van der Waals surface area contributed by atoms with Crippen molar-refractivity contribution in [3.8, 4) is 0 Å². The van der Waals surface area contributed by atoms with Crippen LogP contribution in [0.15, 0.2) is 24.3 Å². The number of carboxylic acids is 1. The van der Waals surface area contributed by atoms with Crippen molar-refractivity contribution in [3.63, 3.8) is 0 Å². The van der Waals surface area contributed by atoms with Gasteiger partial charge in [-0.2, -0.15) is 0 Å². The summed E-state index contributed by atoms with van der Waals surface area (Å²) in [6, 6.07) is 6.95. The molecule has 2 aliphatic rings. The minimum Gasteiger partial charge on any atom is -0.480 e. The molecule has 2 heterocycles. The van der Waals surface area contributed by atoms with Gasteiger partial charge in [-0.1, -0.05) is 24.3 Å². The molecule has 2 aliphatic heterocycles. The Morgan fingerprint density at radius 1 is 1.25 bits per heavy atom. The summed E-state index contributed by atoms with van der Waals surface area (Å²) in [7, 11) is 0. The minimum atomic E-state index is -0.938. The molecule has 1 saturated heterocycles. The van der Waals surface area contributed by atoms with Crippen LogP contribution in [0.5, 0.6) is 0 Å². The Kier molecular flexibility index (Phi) is 3.44. The summed E-state index contributed by atoms with van der Waals surface area (Å²) >= 11 is 0. The highest BCUT2D eigenvalue weighted by Gasteiger charge is 2.38. The number of benzene rings is 1. The van der Waals surface area contributed by atoms with Gasteiger partial charge in [0.1, 0.15) is 6.04 Å². The first kappa shape index (κ1) is 13.1. The summed E-state index contributed by atoms with van der Waals surface area (Å²) in [6.07, 6.45) is 1.06. The molecule has 0 bridgehead atoms. The van der Waals surface area contributed by atoms with Gasteiger partial charge in [0.15, 0.2) is 0 Å². The first-order chi connectivity index (χ1) is 9.66. The second-order valence-electron chi connectivity index (χ2n) is 5.35. The highest BCUT2D eigenvalue weighted by Crippen LogP contribution is 2.26. The SMILES string of the molecule is O=C(O)[C@H]1Cc2ccccc2CN1C(=O)[C@@H]1CCOC1. The fraction of sp³-hybridized carbons (Fsp3) is 0.467. The standard InChI is InChI=1S/C15H17NO4/c17-14(12-5-6-20-9-12)16-8-11-4-2-1-3-10(11)7-13(16)15(18)19/h1-4,12-13H,5-9H2,(H,18,19)/t12-,13-/m1/s1. The molecule has 0 radical (unpaired) electrons. The number of carbonyl (C=O) groups excluding carboxylic acids is 1. The van der Waals surface area contributed by atoms with Gasteiger partial charge < -0.3 is 14.7 Å². The van der Waals surface area contributed by atoms with Crippen LogP contribution in [-0.4, -0.2) is 41.1 Å². The fourth-order valence-corrected chi connectivity index (χ4v) is 2.94. The number of hydrogen-bond donors (Lipinski definition) is 1. The Morgan fingerprint density at radius 2 is 2.00 bits per heavy atom. The number of carboxylic acid groups (broad SMARTS) is 1. The van der Waals surface area contributed by atoms with Crippen LogP contribution < -0.4 is 0 Å². The molecule has 0 aliphatic carbocycles. The molecule has 0 spiro atoms. The number of ether oxygens (including phenoxy) is 1. The molecule has 1 aromatic rings. The largest absolute Gasteiger partial charge is 0.480 e. The Bertz CT molecular complexity index is 536. The molecule has 5 heteroatoms. The summed E-state index contributed by atoms with van der Waals surface area (Å²) in [5.41, 5.74) is 2.06. The zero-order chi connectivity index (χ0) is 14.1. The molecule has 0 aromatic heterocycles. The van der Waals surface area contributed by atoms with Crippen LogP contribution in [0.2, 0.25) is 0 Å². The van der Waals surface area contributed by atoms with Crippen LogP contribution in [0, 0.1) is 5.92 Å². The second-order valence-corrected chi connectivity index (χ2v) is 5.35. The molecule has 106 valence electrons. The third-order valence-electron chi connectivity index (χ3n) is 4.10. The lowest BCUT2D eigenvalue weighted by Gasteiger charge is -2.35. The van der Waals surface area contributed by atoms with Gasteiger partial charge in [0.25, 0.3) is 0 Å². The average Bonchev–Trinajstić information content (AvgIpc) is 2.99. The first-order valence-electron chi connectivity index (χ1n) is 6.84. The molecule has 0 unspecified atom stereocenters. The molecule has 3 rings (SSSR count). The molecule has 2 atom stereocenters. The van der Waals surface area contributed by atoms with Gasteiger partial charge in [0.2, 0.25) is 5.91 Å². The van der Waals surface area contributed by atoms with Gasteiger partial charge in [-0.15, -0.1) is 0 Å². The lowest BCUT2D eigenvalue weighted by atomic mass is 9.92. The molecule has 1 amide bonds. The molecule has 1 fully saturated rings.